The van der Waals surface area contributed by atoms with Crippen LogP contribution in [0.5, 0.6) is 0 Å². The zero-order valence-electron chi connectivity index (χ0n) is 16.4. The minimum atomic E-state index is 0.248. The molecule has 0 aromatic heterocycles. The highest BCUT2D eigenvalue weighted by Crippen LogP contribution is 2.23. The zero-order chi connectivity index (χ0) is 18.5. The van der Waals surface area contributed by atoms with Gasteiger partial charge in [-0.15, -0.1) is 0 Å². The van der Waals surface area contributed by atoms with Crippen LogP contribution in [-0.2, 0) is 17.9 Å². The number of benzene rings is 1. The summed E-state index contributed by atoms with van der Waals surface area (Å²) < 4.78 is 0. The van der Waals surface area contributed by atoms with Crippen molar-refractivity contribution in [2.24, 2.45) is 16.8 Å². The van der Waals surface area contributed by atoms with Crippen LogP contribution in [0.3, 0.4) is 0 Å². The fourth-order valence-electron chi connectivity index (χ4n) is 4.28. The highest BCUT2D eigenvalue weighted by molar-refractivity contribution is 5.80. The summed E-state index contributed by atoms with van der Waals surface area (Å²) in [5, 5.41) is 3.45. The molecule has 2 aliphatic heterocycles. The molecular formula is C21H32N4O. The molecule has 1 saturated heterocycles. The van der Waals surface area contributed by atoms with E-state index in [9.17, 15) is 4.79 Å². The van der Waals surface area contributed by atoms with Gasteiger partial charge in [-0.1, -0.05) is 38.1 Å². The van der Waals surface area contributed by atoms with Crippen LogP contribution in [0.2, 0.25) is 0 Å². The molecule has 1 N–H and O–H groups in total. The summed E-state index contributed by atoms with van der Waals surface area (Å²) in [6.45, 7) is 9.05. The predicted octanol–water partition coefficient (Wildman–Crippen LogP) is 2.86. The van der Waals surface area contributed by atoms with E-state index >= 15 is 0 Å². The number of carbonyl (C=O) groups excluding carboxylic acids is 1. The molecule has 2 heterocycles. The molecule has 1 aromatic carbocycles. The van der Waals surface area contributed by atoms with Gasteiger partial charge < -0.3 is 15.1 Å². The third-order valence-corrected chi connectivity index (χ3v) is 5.42. The quantitative estimate of drug-likeness (QED) is 0.513. The first-order valence-electron chi connectivity index (χ1n) is 9.87. The number of piperidine rings is 1. The van der Waals surface area contributed by atoms with Gasteiger partial charge in [-0.2, -0.15) is 0 Å². The summed E-state index contributed by atoms with van der Waals surface area (Å²) in [4.78, 5) is 21.2. The standard InChI is InChI=1S/C21H32N4O/c1-16-11-17(2)13-25(12-16)21(22-3)23-10-6-9-20(26)24-14-18-7-4-5-8-19(18)15-24/h4-5,7-8,16-17H,6,9-15H2,1-3H3,(H,22,23). The van der Waals surface area contributed by atoms with E-state index in [-0.39, 0.29) is 5.91 Å². The van der Waals surface area contributed by atoms with Crippen molar-refractivity contribution >= 4 is 11.9 Å². The zero-order valence-corrected chi connectivity index (χ0v) is 16.4. The van der Waals surface area contributed by atoms with Crippen LogP contribution in [0.4, 0.5) is 0 Å². The molecule has 2 unspecified atom stereocenters. The highest BCUT2D eigenvalue weighted by atomic mass is 16.2. The maximum atomic E-state index is 12.5. The van der Waals surface area contributed by atoms with Crippen LogP contribution >= 0.6 is 0 Å². The molecule has 1 aromatic rings. The van der Waals surface area contributed by atoms with Gasteiger partial charge in [-0.25, -0.2) is 0 Å². The van der Waals surface area contributed by atoms with Gasteiger partial charge in [0.25, 0.3) is 0 Å². The molecule has 26 heavy (non-hydrogen) atoms. The SMILES string of the molecule is CN=C(NCCCC(=O)N1Cc2ccccc2C1)N1CC(C)CC(C)C1. The molecule has 5 nitrogen and oxygen atoms in total. The molecule has 0 saturated carbocycles. The van der Waals surface area contributed by atoms with Crippen molar-refractivity contribution in [3.63, 3.8) is 0 Å². The van der Waals surface area contributed by atoms with Gasteiger partial charge in [-0.3, -0.25) is 9.79 Å². The molecular weight excluding hydrogens is 324 g/mol. The molecule has 142 valence electrons. The molecule has 1 fully saturated rings. The summed E-state index contributed by atoms with van der Waals surface area (Å²) in [7, 11) is 1.85. The minimum Gasteiger partial charge on any atom is -0.356 e. The van der Waals surface area contributed by atoms with Gasteiger partial charge in [0.2, 0.25) is 5.91 Å². The summed E-state index contributed by atoms with van der Waals surface area (Å²) in [5.41, 5.74) is 2.57. The number of aliphatic imine (C=N–C) groups is 1. The first-order chi connectivity index (χ1) is 12.6. The van der Waals surface area contributed by atoms with Crippen molar-refractivity contribution in [2.45, 2.75) is 46.2 Å². The van der Waals surface area contributed by atoms with Crippen molar-refractivity contribution < 1.29 is 4.79 Å². The van der Waals surface area contributed by atoms with E-state index in [0.29, 0.717) is 18.3 Å². The summed E-state index contributed by atoms with van der Waals surface area (Å²) in [6.07, 6.45) is 2.72. The van der Waals surface area contributed by atoms with Crippen LogP contribution in [-0.4, -0.2) is 48.3 Å². The Kier molecular flexibility index (Phi) is 6.17. The molecule has 2 atom stereocenters. The summed E-state index contributed by atoms with van der Waals surface area (Å²) >= 11 is 0. The molecule has 0 aliphatic carbocycles. The maximum Gasteiger partial charge on any atom is 0.223 e. The van der Waals surface area contributed by atoms with Crippen molar-refractivity contribution in [3.05, 3.63) is 35.4 Å². The molecule has 2 aliphatic rings. The topological polar surface area (TPSA) is 47.9 Å². The van der Waals surface area contributed by atoms with E-state index in [2.05, 4.69) is 41.2 Å². The Bertz CT molecular complexity index is 622. The van der Waals surface area contributed by atoms with E-state index in [0.717, 1.165) is 45.1 Å². The number of nitrogens with one attached hydrogen (secondary N) is 1. The summed E-state index contributed by atoms with van der Waals surface area (Å²) in [5.74, 6) is 2.63. The first-order valence-corrected chi connectivity index (χ1v) is 9.87. The van der Waals surface area contributed by atoms with Gasteiger partial charge in [0.15, 0.2) is 5.96 Å². The summed E-state index contributed by atoms with van der Waals surface area (Å²) in [6, 6.07) is 8.33. The van der Waals surface area contributed by atoms with E-state index < -0.39 is 0 Å². The largest absolute Gasteiger partial charge is 0.356 e. The predicted molar refractivity (Wildman–Crippen MR) is 106 cm³/mol. The van der Waals surface area contributed by atoms with Crippen LogP contribution in [0.15, 0.2) is 29.3 Å². The number of likely N-dealkylation sites (tertiary alicyclic amines) is 1. The number of hydrogen-bond donors (Lipinski definition) is 1. The average molecular weight is 357 g/mol. The number of guanidine groups is 1. The molecule has 0 spiro atoms. The third kappa shape index (κ3) is 4.57. The fraction of sp³-hybridized carbons (Fsp3) is 0.619. The van der Waals surface area contributed by atoms with E-state index in [4.69, 9.17) is 0 Å². The second kappa shape index (κ2) is 8.56. The molecule has 0 bridgehead atoms. The van der Waals surface area contributed by atoms with E-state index in [1.807, 2.05) is 24.1 Å². The fourth-order valence-corrected chi connectivity index (χ4v) is 4.28. The monoisotopic (exact) mass is 356 g/mol. The smallest absolute Gasteiger partial charge is 0.223 e. The number of hydrogen-bond acceptors (Lipinski definition) is 2. The third-order valence-electron chi connectivity index (χ3n) is 5.42. The van der Waals surface area contributed by atoms with Gasteiger partial charge in [0.1, 0.15) is 0 Å². The molecule has 3 rings (SSSR count). The number of carbonyl (C=O) groups is 1. The number of rotatable bonds is 4. The van der Waals surface area contributed by atoms with Crippen LogP contribution in [0.25, 0.3) is 0 Å². The lowest BCUT2D eigenvalue weighted by atomic mass is 9.92. The Morgan fingerprint density at radius 1 is 1.12 bits per heavy atom. The van der Waals surface area contributed by atoms with Crippen molar-refractivity contribution in [1.82, 2.24) is 15.1 Å². The van der Waals surface area contributed by atoms with E-state index in [1.54, 1.807) is 0 Å². The van der Waals surface area contributed by atoms with Gasteiger partial charge >= 0.3 is 0 Å². The van der Waals surface area contributed by atoms with Crippen LogP contribution < -0.4 is 5.32 Å². The molecule has 5 heteroatoms. The molecule has 1 amide bonds. The number of nitrogens with zero attached hydrogens (tertiary/aromatic N) is 3. The van der Waals surface area contributed by atoms with Crippen molar-refractivity contribution in [3.8, 4) is 0 Å². The maximum absolute atomic E-state index is 12.5. The van der Waals surface area contributed by atoms with Gasteiger partial charge in [0.05, 0.1) is 0 Å². The lowest BCUT2D eigenvalue weighted by molar-refractivity contribution is -0.131. The normalized spacial score (nSPS) is 23.1. The second-order valence-corrected chi connectivity index (χ2v) is 7.95. The number of amides is 1. The van der Waals surface area contributed by atoms with Gasteiger partial charge in [0, 0.05) is 46.2 Å². The second-order valence-electron chi connectivity index (χ2n) is 7.95. The highest BCUT2D eigenvalue weighted by Gasteiger charge is 2.24. The van der Waals surface area contributed by atoms with Crippen molar-refractivity contribution in [1.29, 1.82) is 0 Å². The molecule has 0 radical (unpaired) electrons. The Morgan fingerprint density at radius 3 is 2.31 bits per heavy atom. The first kappa shape index (κ1) is 18.7. The Morgan fingerprint density at radius 2 is 1.73 bits per heavy atom. The van der Waals surface area contributed by atoms with Gasteiger partial charge in [-0.05, 0) is 35.8 Å². The Labute approximate surface area is 157 Å². The van der Waals surface area contributed by atoms with E-state index in [1.165, 1.54) is 17.5 Å². The van der Waals surface area contributed by atoms with Crippen LogP contribution in [0.1, 0.15) is 44.2 Å². The Balaban J connectivity index is 1.40. The van der Waals surface area contributed by atoms with Crippen molar-refractivity contribution in [2.75, 3.05) is 26.7 Å². The average Bonchev–Trinajstić information content (AvgIpc) is 3.05. The lowest BCUT2D eigenvalue weighted by Crippen LogP contribution is -2.48. The number of fused-ring (bicyclic) bond motifs is 1. The lowest BCUT2D eigenvalue weighted by Gasteiger charge is -2.37. The van der Waals surface area contributed by atoms with Crippen LogP contribution in [0, 0.1) is 11.8 Å². The Hall–Kier alpha value is -2.04. The minimum absolute atomic E-state index is 0.248.